The summed E-state index contributed by atoms with van der Waals surface area (Å²) in [6.45, 7) is 2.50. The van der Waals surface area contributed by atoms with E-state index in [1.165, 1.54) is 18.4 Å². The van der Waals surface area contributed by atoms with Crippen molar-refractivity contribution in [1.29, 1.82) is 0 Å². The highest BCUT2D eigenvalue weighted by molar-refractivity contribution is 5.93. The van der Waals surface area contributed by atoms with Crippen molar-refractivity contribution in [2.45, 2.75) is 31.9 Å². The Bertz CT molecular complexity index is 644. The summed E-state index contributed by atoms with van der Waals surface area (Å²) in [5.74, 6) is -0.291. The zero-order valence-electron chi connectivity index (χ0n) is 12.3. The Labute approximate surface area is 128 Å². The van der Waals surface area contributed by atoms with Gasteiger partial charge in [0.2, 0.25) is 0 Å². The molecule has 1 aromatic heterocycles. The number of carbonyl (C=O) groups excluding carboxylic acids is 1. The van der Waals surface area contributed by atoms with Crippen LogP contribution in [0.15, 0.2) is 41.0 Å². The van der Waals surface area contributed by atoms with Crippen LogP contribution >= 0.6 is 0 Å². The van der Waals surface area contributed by atoms with Crippen LogP contribution in [-0.4, -0.2) is 18.6 Å². The quantitative estimate of drug-likeness (QED) is 0.942. The highest BCUT2D eigenvalue weighted by Gasteiger charge is 2.30. The Balaban J connectivity index is 1.84. The van der Waals surface area contributed by atoms with Crippen molar-refractivity contribution in [2.24, 2.45) is 0 Å². The van der Waals surface area contributed by atoms with Crippen LogP contribution in [0.5, 0.6) is 0 Å². The molecule has 1 N–H and O–H groups in total. The number of rotatable bonds is 4. The third kappa shape index (κ3) is 3.04. The molecule has 1 amide bonds. The van der Waals surface area contributed by atoms with Crippen LogP contribution in [0.1, 0.15) is 40.6 Å². The Morgan fingerprint density at radius 1 is 1.32 bits per heavy atom. The molecule has 5 heteroatoms. The van der Waals surface area contributed by atoms with E-state index in [0.29, 0.717) is 12.4 Å². The van der Waals surface area contributed by atoms with Crippen LogP contribution in [0.2, 0.25) is 0 Å². The van der Waals surface area contributed by atoms with Gasteiger partial charge in [0.1, 0.15) is 5.82 Å². The number of halogens is 1. The van der Waals surface area contributed by atoms with E-state index in [0.717, 1.165) is 24.0 Å². The Kier molecular flexibility index (Phi) is 4.24. The van der Waals surface area contributed by atoms with Crippen molar-refractivity contribution >= 4 is 5.91 Å². The first-order valence-electron chi connectivity index (χ1n) is 7.37. The molecule has 0 aliphatic carbocycles. The van der Waals surface area contributed by atoms with Crippen LogP contribution in [0, 0.1) is 12.7 Å². The van der Waals surface area contributed by atoms with E-state index < -0.39 is 0 Å². The lowest BCUT2D eigenvalue weighted by Gasteiger charge is -2.24. The fourth-order valence-electron chi connectivity index (χ4n) is 2.74. The summed E-state index contributed by atoms with van der Waals surface area (Å²) < 4.78 is 24.1. The highest BCUT2D eigenvalue weighted by Crippen LogP contribution is 2.27. The number of benzene rings is 1. The second-order valence-electron chi connectivity index (χ2n) is 5.49. The minimum Gasteiger partial charge on any atom is -0.459 e. The lowest BCUT2D eigenvalue weighted by atomic mass is 9.99. The predicted octanol–water partition coefficient (Wildman–Crippen LogP) is 3.38. The van der Waals surface area contributed by atoms with E-state index in [1.54, 1.807) is 18.2 Å². The summed E-state index contributed by atoms with van der Waals surface area (Å²) in [5.41, 5.74) is 1.61. The summed E-state index contributed by atoms with van der Waals surface area (Å²) in [7, 11) is 0. The van der Waals surface area contributed by atoms with Crippen LogP contribution in [0.4, 0.5) is 4.39 Å². The number of aryl methyl sites for hydroxylation is 1. The minimum absolute atomic E-state index is 0.107. The van der Waals surface area contributed by atoms with Gasteiger partial charge in [0, 0.05) is 12.2 Å². The zero-order chi connectivity index (χ0) is 15.5. The topological polar surface area (TPSA) is 51.5 Å². The van der Waals surface area contributed by atoms with Crippen molar-refractivity contribution in [3.8, 4) is 0 Å². The maximum atomic E-state index is 13.1. The van der Waals surface area contributed by atoms with Crippen LogP contribution < -0.4 is 5.32 Å². The summed E-state index contributed by atoms with van der Waals surface area (Å²) in [6.07, 6.45) is 3.20. The molecule has 4 nitrogen and oxygen atoms in total. The van der Waals surface area contributed by atoms with Crippen molar-refractivity contribution < 1.29 is 18.3 Å². The van der Waals surface area contributed by atoms with Crippen LogP contribution in [0.3, 0.4) is 0 Å². The molecule has 3 rings (SSSR count). The van der Waals surface area contributed by atoms with E-state index in [-0.39, 0.29) is 23.9 Å². The van der Waals surface area contributed by atoms with Crippen LogP contribution in [-0.2, 0) is 4.74 Å². The van der Waals surface area contributed by atoms with E-state index >= 15 is 0 Å². The molecule has 0 spiro atoms. The largest absolute Gasteiger partial charge is 0.459 e. The molecule has 0 radical (unpaired) electrons. The number of ether oxygens (including phenoxy) is 1. The smallest absolute Gasteiger partial charge is 0.287 e. The van der Waals surface area contributed by atoms with E-state index in [1.807, 2.05) is 6.92 Å². The molecule has 0 saturated carbocycles. The molecular formula is C17H18FNO3. The molecule has 1 aromatic carbocycles. The van der Waals surface area contributed by atoms with Gasteiger partial charge in [-0.2, -0.15) is 0 Å². The Morgan fingerprint density at radius 2 is 2.09 bits per heavy atom. The lowest BCUT2D eigenvalue weighted by molar-refractivity contribution is 0.0657. The van der Waals surface area contributed by atoms with E-state index in [9.17, 15) is 9.18 Å². The number of hydrogen-bond acceptors (Lipinski definition) is 3. The molecular weight excluding hydrogens is 285 g/mol. The number of furan rings is 1. The molecule has 1 saturated heterocycles. The van der Waals surface area contributed by atoms with Gasteiger partial charge in [0.25, 0.3) is 5.91 Å². The normalized spacial score (nSPS) is 19.1. The highest BCUT2D eigenvalue weighted by atomic mass is 19.1. The zero-order valence-corrected chi connectivity index (χ0v) is 12.3. The molecule has 2 atom stereocenters. The average molecular weight is 303 g/mol. The van der Waals surface area contributed by atoms with Gasteiger partial charge in [-0.25, -0.2) is 4.39 Å². The van der Waals surface area contributed by atoms with Crippen molar-refractivity contribution in [3.05, 3.63) is 59.3 Å². The van der Waals surface area contributed by atoms with Crippen molar-refractivity contribution in [2.75, 3.05) is 6.61 Å². The Morgan fingerprint density at radius 3 is 2.68 bits per heavy atom. The third-order valence-electron chi connectivity index (χ3n) is 3.92. The Hall–Kier alpha value is -2.14. The molecule has 22 heavy (non-hydrogen) atoms. The second kappa shape index (κ2) is 6.32. The molecule has 116 valence electrons. The summed E-state index contributed by atoms with van der Waals surface area (Å²) in [5, 5.41) is 2.96. The average Bonchev–Trinajstić information content (AvgIpc) is 3.17. The maximum Gasteiger partial charge on any atom is 0.287 e. The predicted molar refractivity (Wildman–Crippen MR) is 79.0 cm³/mol. The second-order valence-corrected chi connectivity index (χ2v) is 5.49. The number of carbonyl (C=O) groups is 1. The molecule has 0 bridgehead atoms. The van der Waals surface area contributed by atoms with Gasteiger partial charge in [0.05, 0.1) is 18.4 Å². The van der Waals surface area contributed by atoms with Gasteiger partial charge in [-0.3, -0.25) is 4.79 Å². The monoisotopic (exact) mass is 303 g/mol. The molecule has 2 aromatic rings. The molecule has 2 heterocycles. The minimum atomic E-state index is -0.319. The maximum absolute atomic E-state index is 13.1. The van der Waals surface area contributed by atoms with Gasteiger partial charge >= 0.3 is 0 Å². The molecule has 1 fully saturated rings. The fraction of sp³-hybridized carbons (Fsp3) is 0.353. The van der Waals surface area contributed by atoms with Gasteiger partial charge in [-0.15, -0.1) is 0 Å². The molecule has 0 unspecified atom stereocenters. The third-order valence-corrected chi connectivity index (χ3v) is 3.92. The number of hydrogen-bond donors (Lipinski definition) is 1. The summed E-state index contributed by atoms with van der Waals surface area (Å²) >= 11 is 0. The standard InChI is InChI=1S/C17H18FNO3/c1-11-8-10-22-16(11)17(20)19-15(14-3-2-9-21-14)12-4-6-13(18)7-5-12/h4-8,10,14-15H,2-3,9H2,1H3,(H,19,20)/t14-,15+/m1/s1. The number of amides is 1. The van der Waals surface area contributed by atoms with E-state index in [4.69, 9.17) is 9.15 Å². The van der Waals surface area contributed by atoms with Gasteiger partial charge in [-0.05, 0) is 43.5 Å². The first-order valence-corrected chi connectivity index (χ1v) is 7.37. The van der Waals surface area contributed by atoms with Gasteiger partial charge < -0.3 is 14.5 Å². The SMILES string of the molecule is Cc1ccoc1C(=O)N[C@@H](c1ccc(F)cc1)[C@H]1CCCO1. The number of nitrogens with one attached hydrogen (secondary N) is 1. The molecule has 1 aliphatic heterocycles. The lowest BCUT2D eigenvalue weighted by Crippen LogP contribution is -2.36. The first-order chi connectivity index (χ1) is 10.6. The fourth-order valence-corrected chi connectivity index (χ4v) is 2.74. The van der Waals surface area contributed by atoms with Crippen molar-refractivity contribution in [3.63, 3.8) is 0 Å². The van der Waals surface area contributed by atoms with Crippen LogP contribution in [0.25, 0.3) is 0 Å². The molecule has 1 aliphatic rings. The summed E-state index contributed by atoms with van der Waals surface area (Å²) in [6, 6.07) is 7.56. The first kappa shape index (κ1) is 14.8. The van der Waals surface area contributed by atoms with Gasteiger partial charge in [0.15, 0.2) is 5.76 Å². The van der Waals surface area contributed by atoms with Gasteiger partial charge in [-0.1, -0.05) is 12.1 Å². The van der Waals surface area contributed by atoms with E-state index in [2.05, 4.69) is 5.32 Å². The summed E-state index contributed by atoms with van der Waals surface area (Å²) in [4.78, 5) is 12.4. The van der Waals surface area contributed by atoms with Crippen molar-refractivity contribution in [1.82, 2.24) is 5.32 Å².